The molecule has 18 heteroatoms. The first-order valence-corrected chi connectivity index (χ1v) is 20.7. The summed E-state index contributed by atoms with van der Waals surface area (Å²) in [6, 6.07) is 11.9. The molecule has 1 spiro atoms. The molecule has 61 heavy (non-hydrogen) atoms. The van der Waals surface area contributed by atoms with Gasteiger partial charge in [0, 0.05) is 32.3 Å². The van der Waals surface area contributed by atoms with Crippen molar-refractivity contribution in [3.8, 4) is 5.75 Å². The molecule has 2 atom stereocenters. The van der Waals surface area contributed by atoms with Crippen LogP contribution in [0.1, 0.15) is 84.8 Å². The topological polar surface area (TPSA) is 149 Å². The van der Waals surface area contributed by atoms with E-state index in [1.165, 1.54) is 10.8 Å². The molecule has 3 aromatic heterocycles. The number of nitrogens with one attached hydrogen (secondary N) is 1. The van der Waals surface area contributed by atoms with E-state index in [1.54, 1.807) is 16.4 Å². The van der Waals surface area contributed by atoms with Gasteiger partial charge < -0.3 is 29.2 Å². The van der Waals surface area contributed by atoms with Crippen LogP contribution < -0.4 is 20.5 Å². The Labute approximate surface area is 354 Å². The molecule has 0 bridgehead atoms. The summed E-state index contributed by atoms with van der Waals surface area (Å²) in [7, 11) is 0. The summed E-state index contributed by atoms with van der Waals surface area (Å²) >= 11 is 6.21. The Kier molecular flexibility index (Phi) is 11.6. The minimum absolute atomic E-state index is 0.00491. The van der Waals surface area contributed by atoms with Crippen LogP contribution in [0.15, 0.2) is 65.7 Å². The number of piperazine rings is 1. The molecule has 320 valence electrons. The number of halogens is 4. The van der Waals surface area contributed by atoms with Gasteiger partial charge in [-0.2, -0.15) is 22.7 Å². The second kappa shape index (κ2) is 16.9. The van der Waals surface area contributed by atoms with Crippen molar-refractivity contribution in [2.24, 2.45) is 0 Å². The second-order valence-electron chi connectivity index (χ2n) is 15.7. The molecule has 5 aromatic rings. The van der Waals surface area contributed by atoms with E-state index in [1.807, 2.05) is 49.1 Å². The molecule has 2 fully saturated rings. The third-order valence-electron chi connectivity index (χ3n) is 11.7. The van der Waals surface area contributed by atoms with E-state index in [0.717, 1.165) is 55.2 Å². The summed E-state index contributed by atoms with van der Waals surface area (Å²) in [4.78, 5) is 59.7. The van der Waals surface area contributed by atoms with Gasteiger partial charge in [0.1, 0.15) is 25.2 Å². The molecule has 14 nitrogen and oxygen atoms in total. The second-order valence-corrected chi connectivity index (χ2v) is 16.1. The van der Waals surface area contributed by atoms with Crippen molar-refractivity contribution in [2.45, 2.75) is 90.3 Å². The van der Waals surface area contributed by atoms with Crippen LogP contribution in [0.5, 0.6) is 5.75 Å². The Bertz CT molecular complexity index is 2570. The van der Waals surface area contributed by atoms with Crippen LogP contribution in [0.2, 0.25) is 5.02 Å². The number of rotatable bonds is 10. The summed E-state index contributed by atoms with van der Waals surface area (Å²) < 4.78 is 55.1. The van der Waals surface area contributed by atoms with Gasteiger partial charge in [-0.05, 0) is 81.7 Å². The molecule has 2 aromatic carbocycles. The lowest BCUT2D eigenvalue weighted by molar-refractivity contribution is -0.137. The van der Waals surface area contributed by atoms with Crippen molar-refractivity contribution in [2.75, 3.05) is 36.5 Å². The Morgan fingerprint density at radius 2 is 1.90 bits per heavy atom. The highest BCUT2D eigenvalue weighted by atomic mass is 35.5. The normalized spacial score (nSPS) is 19.4. The van der Waals surface area contributed by atoms with E-state index in [0.29, 0.717) is 47.9 Å². The molecule has 3 aliphatic rings. The maximum absolute atomic E-state index is 14.7. The molecule has 2 amide bonds. The minimum Gasteiger partial charge on any atom is -0.485 e. The standard InChI is InChI=1S/C43H45ClF3N9O5/c1-4-33-36(53-18-19-54(26(2)22-53)39(58)35-37(27(3)48-25-49-35)60-24-28-9-6-5-7-10-28)40(59)56-41(51-38(52-56)29-13-16-42(17-14-29)15-8-20-61-42)55(33)23-34(57)50-32-12-11-30(21-31(32)44)43(45,46)47/h5-7,9-13,21,25-26H,4,8,14-20,22-24H2,1-3H3,(H,50,57)/t26-,42?/m1/s1. The number of alkyl halides is 3. The molecule has 5 heterocycles. The summed E-state index contributed by atoms with van der Waals surface area (Å²) in [5, 5.41) is 7.08. The molecular weight excluding hydrogens is 815 g/mol. The number of hydrogen-bond donors (Lipinski definition) is 1. The van der Waals surface area contributed by atoms with E-state index < -0.39 is 29.2 Å². The van der Waals surface area contributed by atoms with Gasteiger partial charge in [0.15, 0.2) is 17.3 Å². The largest absolute Gasteiger partial charge is 0.485 e. The van der Waals surface area contributed by atoms with Crippen LogP contribution in [-0.4, -0.2) is 83.7 Å². The van der Waals surface area contributed by atoms with Gasteiger partial charge in [-0.1, -0.05) is 54.9 Å². The van der Waals surface area contributed by atoms with Crippen LogP contribution in [-0.2, 0) is 35.3 Å². The highest BCUT2D eigenvalue weighted by Crippen LogP contribution is 2.41. The summed E-state index contributed by atoms with van der Waals surface area (Å²) in [6.07, 6.45) is 3.19. The molecule has 8 rings (SSSR count). The van der Waals surface area contributed by atoms with E-state index in [2.05, 4.69) is 21.4 Å². The van der Waals surface area contributed by atoms with Crippen molar-refractivity contribution in [3.05, 3.63) is 110 Å². The van der Waals surface area contributed by atoms with Crippen LogP contribution in [0.25, 0.3) is 11.4 Å². The number of carbonyl (C=O) groups excluding carboxylic acids is 2. The Morgan fingerprint density at radius 1 is 1.10 bits per heavy atom. The van der Waals surface area contributed by atoms with Crippen molar-refractivity contribution in [3.63, 3.8) is 0 Å². The summed E-state index contributed by atoms with van der Waals surface area (Å²) in [5.74, 6) is -0.155. The van der Waals surface area contributed by atoms with Gasteiger partial charge in [-0.25, -0.2) is 9.97 Å². The number of benzene rings is 2. The molecule has 1 N–H and O–H groups in total. The number of allylic oxidation sites excluding steroid dienone is 1. The van der Waals surface area contributed by atoms with Crippen LogP contribution in [0, 0.1) is 6.92 Å². The minimum atomic E-state index is -4.62. The van der Waals surface area contributed by atoms with Gasteiger partial charge in [0.05, 0.1) is 33.3 Å². The number of aromatic nitrogens is 6. The molecule has 0 radical (unpaired) electrons. The quantitative estimate of drug-likeness (QED) is 0.157. The lowest BCUT2D eigenvalue weighted by Gasteiger charge is -2.41. The number of aryl methyl sites for hydroxylation is 1. The van der Waals surface area contributed by atoms with Crippen LogP contribution >= 0.6 is 11.6 Å². The zero-order valence-corrected chi connectivity index (χ0v) is 34.7. The smallest absolute Gasteiger partial charge is 0.416 e. The van der Waals surface area contributed by atoms with Gasteiger partial charge in [-0.15, -0.1) is 5.10 Å². The number of carbonyl (C=O) groups is 2. The number of hydrogen-bond acceptors (Lipinski definition) is 10. The maximum atomic E-state index is 14.7. The highest BCUT2D eigenvalue weighted by Gasteiger charge is 2.38. The van der Waals surface area contributed by atoms with Crippen LogP contribution in [0.3, 0.4) is 0 Å². The summed E-state index contributed by atoms with van der Waals surface area (Å²) in [6.45, 7) is 6.83. The van der Waals surface area contributed by atoms with Crippen LogP contribution in [0.4, 0.5) is 24.5 Å². The van der Waals surface area contributed by atoms with Crippen molar-refractivity contribution in [1.29, 1.82) is 0 Å². The zero-order chi connectivity index (χ0) is 43.1. The maximum Gasteiger partial charge on any atom is 0.416 e. The predicted molar refractivity (Wildman–Crippen MR) is 222 cm³/mol. The van der Waals surface area contributed by atoms with Gasteiger partial charge in [-0.3, -0.25) is 14.4 Å². The first-order chi connectivity index (χ1) is 29.2. The van der Waals surface area contributed by atoms with Crippen molar-refractivity contribution >= 4 is 46.1 Å². The number of ether oxygens (including phenoxy) is 2. The lowest BCUT2D eigenvalue weighted by Crippen LogP contribution is -2.55. The SMILES string of the molecule is CCc1c(N2CCN(C(=O)c3ncnc(C)c3OCc3ccccc3)[C@H](C)C2)c(=O)n2nc(C3=CCC4(CCCO4)CC3)nc2n1CC(=O)Nc1ccc(C(F)(F)F)cc1Cl. The lowest BCUT2D eigenvalue weighted by atomic mass is 9.83. The number of amides is 2. The van der Waals surface area contributed by atoms with Crippen molar-refractivity contribution < 1.29 is 32.2 Å². The highest BCUT2D eigenvalue weighted by molar-refractivity contribution is 6.33. The molecule has 2 saturated heterocycles. The fraction of sp³-hybridized carbons (Fsp3) is 0.419. The van der Waals surface area contributed by atoms with E-state index >= 15 is 0 Å². The Balaban J connectivity index is 1.11. The predicted octanol–water partition coefficient (Wildman–Crippen LogP) is 6.91. The van der Waals surface area contributed by atoms with Crippen molar-refractivity contribution in [1.82, 2.24) is 34.0 Å². The summed E-state index contributed by atoms with van der Waals surface area (Å²) in [5.41, 5.74) is 1.65. The molecular formula is C43H45ClF3N9O5. The average Bonchev–Trinajstić information content (AvgIpc) is 3.90. The molecule has 1 aliphatic carbocycles. The fourth-order valence-electron chi connectivity index (χ4n) is 8.50. The molecule has 2 aliphatic heterocycles. The van der Waals surface area contributed by atoms with Gasteiger partial charge in [0.2, 0.25) is 11.7 Å². The number of fused-ring (bicyclic) bond motifs is 1. The van der Waals surface area contributed by atoms with Gasteiger partial charge in [0.25, 0.3) is 11.5 Å². The first kappa shape index (κ1) is 41.9. The third kappa shape index (κ3) is 8.45. The van der Waals surface area contributed by atoms with E-state index in [9.17, 15) is 27.6 Å². The molecule has 1 unspecified atom stereocenters. The van der Waals surface area contributed by atoms with E-state index in [-0.39, 0.29) is 66.5 Å². The number of nitrogens with zero attached hydrogens (tertiary/aromatic N) is 8. The third-order valence-corrected chi connectivity index (χ3v) is 12.0. The first-order valence-electron chi connectivity index (χ1n) is 20.3. The number of anilines is 2. The zero-order valence-electron chi connectivity index (χ0n) is 34.0. The Hall–Kier alpha value is -5.81. The average molecular weight is 860 g/mol. The Morgan fingerprint density at radius 3 is 2.57 bits per heavy atom. The van der Waals surface area contributed by atoms with Gasteiger partial charge >= 0.3 is 6.18 Å². The molecule has 0 saturated carbocycles. The van der Waals surface area contributed by atoms with E-state index in [4.69, 9.17) is 31.2 Å². The fourth-order valence-corrected chi connectivity index (χ4v) is 8.73. The monoisotopic (exact) mass is 859 g/mol.